The van der Waals surface area contributed by atoms with E-state index in [0.717, 1.165) is 19.5 Å². The maximum absolute atomic E-state index is 5.43. The van der Waals surface area contributed by atoms with Gasteiger partial charge in [-0.25, -0.2) is 0 Å². The molecule has 0 unspecified atom stereocenters. The fourth-order valence-corrected chi connectivity index (χ4v) is 1.12. The summed E-state index contributed by atoms with van der Waals surface area (Å²) >= 11 is 0. The van der Waals surface area contributed by atoms with Gasteiger partial charge >= 0.3 is 0 Å². The van der Waals surface area contributed by atoms with Crippen molar-refractivity contribution >= 4 is 5.82 Å². The van der Waals surface area contributed by atoms with Gasteiger partial charge in [0.2, 0.25) is 0 Å². The lowest BCUT2D eigenvalue weighted by Gasteiger charge is -2.08. The lowest BCUT2D eigenvalue weighted by atomic mass is 10.3. The molecular weight excluding hydrogens is 166 g/mol. The summed E-state index contributed by atoms with van der Waals surface area (Å²) in [5, 5.41) is 7.57. The van der Waals surface area contributed by atoms with Crippen molar-refractivity contribution < 1.29 is 0 Å². The van der Waals surface area contributed by atoms with Gasteiger partial charge in [-0.05, 0) is 33.5 Å². The Bertz CT molecular complexity index is 242. The third kappa shape index (κ3) is 3.89. The maximum Gasteiger partial charge on any atom is 0.165 e. The predicted molar refractivity (Wildman–Crippen MR) is 52.2 cm³/mol. The molecule has 1 rings (SSSR count). The van der Waals surface area contributed by atoms with Crippen LogP contribution in [0.3, 0.4) is 0 Å². The molecule has 74 valence electrons. The van der Waals surface area contributed by atoms with Gasteiger partial charge in [-0.15, -0.1) is 5.10 Å². The highest BCUT2D eigenvalue weighted by Gasteiger charge is 1.96. The highest BCUT2D eigenvalue weighted by Crippen LogP contribution is 1.97. The lowest BCUT2D eigenvalue weighted by Crippen LogP contribution is -2.13. The van der Waals surface area contributed by atoms with Crippen molar-refractivity contribution in [2.45, 2.75) is 19.4 Å². The predicted octanol–water partition coefficient (Wildman–Crippen LogP) is 0.202. The highest BCUT2D eigenvalue weighted by atomic mass is 15.4. The Morgan fingerprint density at radius 2 is 2.23 bits per heavy atom. The Morgan fingerprint density at radius 1 is 1.46 bits per heavy atom. The van der Waals surface area contributed by atoms with Crippen LogP contribution in [0.15, 0.2) is 6.20 Å². The van der Waals surface area contributed by atoms with E-state index in [2.05, 4.69) is 29.3 Å². The summed E-state index contributed by atoms with van der Waals surface area (Å²) in [7, 11) is 4.15. The molecule has 2 N–H and O–H groups in total. The molecule has 0 aromatic carbocycles. The molecule has 0 aliphatic rings. The van der Waals surface area contributed by atoms with E-state index in [4.69, 9.17) is 5.73 Å². The van der Waals surface area contributed by atoms with Gasteiger partial charge in [0.25, 0.3) is 0 Å². The second kappa shape index (κ2) is 4.81. The molecular formula is C8H17N5. The number of nitrogen functional groups attached to an aromatic ring is 1. The summed E-state index contributed by atoms with van der Waals surface area (Å²) in [6.07, 6.45) is 4.05. The van der Waals surface area contributed by atoms with Crippen molar-refractivity contribution in [1.29, 1.82) is 0 Å². The third-order valence-electron chi connectivity index (χ3n) is 1.80. The van der Waals surface area contributed by atoms with Crippen molar-refractivity contribution in [3.8, 4) is 0 Å². The van der Waals surface area contributed by atoms with Crippen LogP contribution in [0.25, 0.3) is 0 Å². The Hall–Kier alpha value is -1.10. The maximum atomic E-state index is 5.43. The number of unbranched alkanes of at least 4 members (excludes halogenated alkanes) is 1. The molecule has 0 amide bonds. The Morgan fingerprint density at radius 3 is 2.77 bits per heavy atom. The molecule has 5 nitrogen and oxygen atoms in total. The quantitative estimate of drug-likeness (QED) is 0.663. The number of hydrogen-bond donors (Lipinski definition) is 1. The average Bonchev–Trinajstić information content (AvgIpc) is 2.45. The van der Waals surface area contributed by atoms with E-state index in [1.807, 2.05) is 0 Å². The first-order chi connectivity index (χ1) is 6.18. The van der Waals surface area contributed by atoms with E-state index < -0.39 is 0 Å². The normalized spacial score (nSPS) is 11.0. The monoisotopic (exact) mass is 183 g/mol. The molecule has 0 aliphatic carbocycles. The van der Waals surface area contributed by atoms with E-state index in [0.29, 0.717) is 5.82 Å². The molecule has 5 heteroatoms. The summed E-state index contributed by atoms with van der Waals surface area (Å²) in [6.45, 7) is 2.02. The van der Waals surface area contributed by atoms with Gasteiger partial charge in [0.05, 0.1) is 6.20 Å². The van der Waals surface area contributed by atoms with Crippen LogP contribution >= 0.6 is 0 Å². The summed E-state index contributed by atoms with van der Waals surface area (Å²) in [5.41, 5.74) is 5.43. The van der Waals surface area contributed by atoms with Gasteiger partial charge in [0.15, 0.2) is 5.82 Å². The first kappa shape index (κ1) is 9.98. The van der Waals surface area contributed by atoms with Gasteiger partial charge in [-0.3, -0.25) is 4.68 Å². The summed E-state index contributed by atoms with van der Waals surface area (Å²) < 4.78 is 1.78. The average molecular weight is 183 g/mol. The number of aryl methyl sites for hydroxylation is 1. The molecule has 0 atom stereocenters. The van der Waals surface area contributed by atoms with Crippen LogP contribution in [-0.2, 0) is 6.54 Å². The largest absolute Gasteiger partial charge is 0.381 e. The minimum absolute atomic E-state index is 0.493. The number of anilines is 1. The molecule has 0 saturated carbocycles. The van der Waals surface area contributed by atoms with E-state index in [9.17, 15) is 0 Å². The lowest BCUT2D eigenvalue weighted by molar-refractivity contribution is 0.383. The van der Waals surface area contributed by atoms with Crippen LogP contribution in [-0.4, -0.2) is 40.5 Å². The second-order valence-electron chi connectivity index (χ2n) is 3.42. The summed E-state index contributed by atoms with van der Waals surface area (Å²) in [6, 6.07) is 0. The summed E-state index contributed by atoms with van der Waals surface area (Å²) in [4.78, 5) is 2.18. The number of hydrogen-bond acceptors (Lipinski definition) is 4. The van der Waals surface area contributed by atoms with Crippen LogP contribution in [0.1, 0.15) is 12.8 Å². The molecule has 13 heavy (non-hydrogen) atoms. The molecule has 1 aromatic rings. The minimum atomic E-state index is 0.493. The van der Waals surface area contributed by atoms with Crippen molar-refractivity contribution in [1.82, 2.24) is 19.9 Å². The van der Waals surface area contributed by atoms with Gasteiger partial charge in [-0.2, -0.15) is 0 Å². The van der Waals surface area contributed by atoms with E-state index >= 15 is 0 Å². The molecule has 1 heterocycles. The Kier molecular flexibility index (Phi) is 3.70. The number of rotatable bonds is 5. The standard InChI is InChI=1S/C8H17N5/c1-12(2)5-3-4-6-13-7-8(9)10-11-13/h7H,3-6,9H2,1-2H3. The van der Waals surface area contributed by atoms with Crippen molar-refractivity contribution in [2.24, 2.45) is 0 Å². The highest BCUT2D eigenvalue weighted by molar-refractivity contribution is 5.19. The molecule has 0 fully saturated rings. The third-order valence-corrected chi connectivity index (χ3v) is 1.80. The fraction of sp³-hybridized carbons (Fsp3) is 0.750. The number of aromatic nitrogens is 3. The first-order valence-corrected chi connectivity index (χ1v) is 4.49. The van der Waals surface area contributed by atoms with Crippen LogP contribution < -0.4 is 5.73 Å². The zero-order chi connectivity index (χ0) is 9.68. The molecule has 0 spiro atoms. The van der Waals surface area contributed by atoms with Crippen LogP contribution in [0.5, 0.6) is 0 Å². The number of nitrogens with zero attached hydrogens (tertiary/aromatic N) is 4. The van der Waals surface area contributed by atoms with Crippen molar-refractivity contribution in [3.05, 3.63) is 6.20 Å². The summed E-state index contributed by atoms with van der Waals surface area (Å²) in [5.74, 6) is 0.493. The van der Waals surface area contributed by atoms with Gasteiger partial charge in [0, 0.05) is 6.54 Å². The van der Waals surface area contributed by atoms with Gasteiger partial charge < -0.3 is 10.6 Å². The number of nitrogens with two attached hydrogens (primary N) is 1. The smallest absolute Gasteiger partial charge is 0.165 e. The fourth-order valence-electron chi connectivity index (χ4n) is 1.12. The van der Waals surface area contributed by atoms with E-state index in [1.54, 1.807) is 10.9 Å². The molecule has 0 radical (unpaired) electrons. The zero-order valence-corrected chi connectivity index (χ0v) is 8.27. The zero-order valence-electron chi connectivity index (χ0n) is 8.27. The topological polar surface area (TPSA) is 60.0 Å². The Balaban J connectivity index is 2.13. The van der Waals surface area contributed by atoms with Crippen LogP contribution in [0.4, 0.5) is 5.82 Å². The molecule has 0 saturated heterocycles. The minimum Gasteiger partial charge on any atom is -0.381 e. The van der Waals surface area contributed by atoms with Crippen molar-refractivity contribution in [2.75, 3.05) is 26.4 Å². The van der Waals surface area contributed by atoms with E-state index in [1.165, 1.54) is 6.42 Å². The molecule has 1 aromatic heterocycles. The molecule has 0 bridgehead atoms. The SMILES string of the molecule is CN(C)CCCCn1cc(N)nn1. The second-order valence-corrected chi connectivity index (χ2v) is 3.42. The Labute approximate surface area is 78.5 Å². The van der Waals surface area contributed by atoms with Crippen molar-refractivity contribution in [3.63, 3.8) is 0 Å². The molecule has 0 aliphatic heterocycles. The van der Waals surface area contributed by atoms with E-state index in [-0.39, 0.29) is 0 Å². The van der Waals surface area contributed by atoms with Crippen LogP contribution in [0.2, 0.25) is 0 Å². The van der Waals surface area contributed by atoms with Crippen LogP contribution in [0, 0.1) is 0 Å². The first-order valence-electron chi connectivity index (χ1n) is 4.49. The van der Waals surface area contributed by atoms with Gasteiger partial charge in [-0.1, -0.05) is 5.21 Å². The van der Waals surface area contributed by atoms with Gasteiger partial charge in [0.1, 0.15) is 0 Å².